The van der Waals surface area contributed by atoms with E-state index >= 15 is 0 Å². The van der Waals surface area contributed by atoms with Gasteiger partial charge in [-0.3, -0.25) is 0 Å². The summed E-state index contributed by atoms with van der Waals surface area (Å²) >= 11 is 21.9. The Bertz CT molecular complexity index is 925. The number of aromatic nitrogens is 2. The fourth-order valence-corrected chi connectivity index (χ4v) is 5.08. The minimum absolute atomic E-state index is 0.430. The molecule has 2 aromatic carbocycles. The van der Waals surface area contributed by atoms with Crippen molar-refractivity contribution in [2.45, 2.75) is 22.4 Å². The predicted octanol–water partition coefficient (Wildman–Crippen LogP) is 6.59. The Labute approximate surface area is 197 Å². The van der Waals surface area contributed by atoms with Crippen LogP contribution in [0.1, 0.15) is 5.56 Å². The fourth-order valence-electron chi connectivity index (χ4n) is 2.35. The molecule has 0 bridgehead atoms. The molecule has 11 heteroatoms. The zero-order valence-corrected chi connectivity index (χ0v) is 19.4. The lowest BCUT2D eigenvalue weighted by Gasteiger charge is -2.17. The normalized spacial score (nSPS) is 11.4. The van der Waals surface area contributed by atoms with Gasteiger partial charge in [0.1, 0.15) is 0 Å². The maximum atomic E-state index is 8.36. The van der Waals surface area contributed by atoms with Crippen molar-refractivity contribution in [2.24, 2.45) is 0 Å². The fraction of sp³-hybridized carbons (Fsp3) is 0.211. The molecule has 0 spiro atoms. The molecule has 3 aromatic rings. The highest BCUT2D eigenvalue weighted by molar-refractivity contribution is 8.03. The summed E-state index contributed by atoms with van der Waals surface area (Å²) in [4.78, 5) is 13.7. The minimum Gasteiger partial charge on any atom is -0.336 e. The lowest BCUT2D eigenvalue weighted by Crippen LogP contribution is -2.15. The maximum Gasteiger partial charge on any atom is 0.291 e. The topological polar surface area (TPSA) is 81.2 Å². The first-order chi connectivity index (χ1) is 14.3. The highest BCUT2D eigenvalue weighted by Gasteiger charge is 2.12. The zero-order chi connectivity index (χ0) is 21.9. The van der Waals surface area contributed by atoms with Gasteiger partial charge in [-0.25, -0.2) is 4.98 Å². The first kappa shape index (κ1) is 24.7. The van der Waals surface area contributed by atoms with Gasteiger partial charge in [0.25, 0.3) is 5.09 Å². The Balaban J connectivity index is 0.000000735. The summed E-state index contributed by atoms with van der Waals surface area (Å²) in [5, 5.41) is 16.0. The van der Waals surface area contributed by atoms with Crippen LogP contribution in [-0.2, 0) is 12.3 Å². The second-order valence-electron chi connectivity index (χ2n) is 5.94. The Morgan fingerprint density at radius 2 is 1.83 bits per heavy atom. The molecule has 1 N–H and O–H groups in total. The molecule has 6 nitrogen and oxygen atoms in total. The Morgan fingerprint density at radius 1 is 1.13 bits per heavy atom. The van der Waals surface area contributed by atoms with E-state index in [0.29, 0.717) is 15.3 Å². The molecule has 1 atom stereocenters. The van der Waals surface area contributed by atoms with Crippen LogP contribution >= 0.6 is 58.3 Å². The van der Waals surface area contributed by atoms with Gasteiger partial charge in [-0.05, 0) is 42.0 Å². The third-order valence-electron chi connectivity index (χ3n) is 3.69. The summed E-state index contributed by atoms with van der Waals surface area (Å²) in [6.07, 6.45) is 5.67. The third-order valence-corrected chi connectivity index (χ3v) is 7.36. The second-order valence-corrected chi connectivity index (χ2v) is 9.58. The SMILES string of the molecule is Clc1ccc(SCC(Cn2ccnc2)SCc2ccc(Cl)c(Cl)c2)cc1.O=[N+]([O-])O. The van der Waals surface area contributed by atoms with Crippen LogP contribution in [-0.4, -0.2) is 30.8 Å². The van der Waals surface area contributed by atoms with Crippen LogP contribution in [0.15, 0.2) is 66.1 Å². The van der Waals surface area contributed by atoms with Crippen molar-refractivity contribution >= 4 is 58.3 Å². The quantitative estimate of drug-likeness (QED) is 0.211. The van der Waals surface area contributed by atoms with Gasteiger partial charge in [0, 0.05) is 45.6 Å². The van der Waals surface area contributed by atoms with Crippen molar-refractivity contribution in [1.29, 1.82) is 0 Å². The smallest absolute Gasteiger partial charge is 0.291 e. The van der Waals surface area contributed by atoms with Gasteiger partial charge in [0.2, 0.25) is 0 Å². The highest BCUT2D eigenvalue weighted by Crippen LogP contribution is 2.29. The van der Waals surface area contributed by atoms with Crippen LogP contribution in [0.3, 0.4) is 0 Å². The summed E-state index contributed by atoms with van der Waals surface area (Å²) in [7, 11) is 0. The molecule has 3 rings (SSSR count). The number of nitrogens with zero attached hydrogens (tertiary/aromatic N) is 3. The molecule has 0 aliphatic carbocycles. The number of imidazole rings is 1. The first-order valence-corrected chi connectivity index (χ1v) is 11.7. The van der Waals surface area contributed by atoms with Crippen LogP contribution in [0, 0.1) is 10.1 Å². The summed E-state index contributed by atoms with van der Waals surface area (Å²) in [5.74, 6) is 1.88. The molecule has 1 aromatic heterocycles. The predicted molar refractivity (Wildman–Crippen MR) is 125 cm³/mol. The largest absolute Gasteiger partial charge is 0.336 e. The van der Waals surface area contributed by atoms with E-state index in [4.69, 9.17) is 50.1 Å². The van der Waals surface area contributed by atoms with Crippen LogP contribution in [0.5, 0.6) is 0 Å². The molecule has 0 aliphatic rings. The summed E-state index contributed by atoms with van der Waals surface area (Å²) < 4.78 is 2.12. The van der Waals surface area contributed by atoms with Crippen LogP contribution in [0.25, 0.3) is 0 Å². The molecule has 160 valence electrons. The van der Waals surface area contributed by atoms with E-state index in [1.807, 2.05) is 72.6 Å². The molecular formula is C19H18Cl3N3O3S2. The third kappa shape index (κ3) is 9.49. The van der Waals surface area contributed by atoms with Gasteiger partial charge in [-0.15, -0.1) is 21.9 Å². The van der Waals surface area contributed by atoms with E-state index in [1.54, 1.807) is 0 Å². The van der Waals surface area contributed by atoms with E-state index in [0.717, 1.165) is 23.1 Å². The monoisotopic (exact) mass is 505 g/mol. The minimum atomic E-state index is -1.50. The number of rotatable bonds is 8. The van der Waals surface area contributed by atoms with Crippen LogP contribution in [0.2, 0.25) is 15.1 Å². The lowest BCUT2D eigenvalue weighted by molar-refractivity contribution is -0.742. The van der Waals surface area contributed by atoms with E-state index in [-0.39, 0.29) is 0 Å². The molecule has 0 radical (unpaired) electrons. The molecule has 0 amide bonds. The molecule has 0 fully saturated rings. The molecule has 30 heavy (non-hydrogen) atoms. The molecule has 1 heterocycles. The van der Waals surface area contributed by atoms with Gasteiger partial charge in [-0.2, -0.15) is 11.8 Å². The van der Waals surface area contributed by atoms with Gasteiger partial charge in [-0.1, -0.05) is 40.9 Å². The Morgan fingerprint density at radius 3 is 2.43 bits per heavy atom. The van der Waals surface area contributed by atoms with Crippen LogP contribution in [0.4, 0.5) is 0 Å². The molecule has 0 aliphatic heterocycles. The summed E-state index contributed by atoms with van der Waals surface area (Å²) in [6.45, 7) is 0.909. The number of hydrogen-bond donors (Lipinski definition) is 1. The number of halogens is 3. The van der Waals surface area contributed by atoms with Gasteiger partial charge < -0.3 is 9.77 Å². The van der Waals surface area contributed by atoms with Crippen molar-refractivity contribution in [1.82, 2.24) is 9.55 Å². The molecule has 0 saturated carbocycles. The van der Waals surface area contributed by atoms with Gasteiger partial charge in [0.05, 0.1) is 16.4 Å². The van der Waals surface area contributed by atoms with Crippen molar-refractivity contribution in [2.75, 3.05) is 5.75 Å². The summed E-state index contributed by atoms with van der Waals surface area (Å²) in [5.41, 5.74) is 1.18. The zero-order valence-electron chi connectivity index (χ0n) is 15.5. The maximum absolute atomic E-state index is 8.36. The first-order valence-electron chi connectivity index (χ1n) is 8.56. The number of thioether (sulfide) groups is 2. The molecule has 1 unspecified atom stereocenters. The second kappa shape index (κ2) is 13.0. The van der Waals surface area contributed by atoms with Crippen molar-refractivity contribution < 1.29 is 10.3 Å². The number of hydrogen-bond acceptors (Lipinski definition) is 5. The average Bonchev–Trinajstić information content (AvgIpc) is 3.20. The highest BCUT2D eigenvalue weighted by atomic mass is 35.5. The van der Waals surface area contributed by atoms with E-state index in [2.05, 4.69) is 21.7 Å². The lowest BCUT2D eigenvalue weighted by atomic mass is 10.2. The summed E-state index contributed by atoms with van der Waals surface area (Å²) in [6, 6.07) is 13.8. The van der Waals surface area contributed by atoms with Gasteiger partial charge >= 0.3 is 0 Å². The standard InChI is InChI=1S/C19H17Cl3N2S2.HNO3/c20-15-2-4-16(5-3-15)26-12-17(10-24-8-7-23-13-24)25-11-14-1-6-18(21)19(22)9-14;2-1(3)4/h1-9,13,17H,10-12H2;(H,2,3,4). The van der Waals surface area contributed by atoms with E-state index < -0.39 is 5.09 Å². The van der Waals surface area contributed by atoms with Crippen LogP contribution < -0.4 is 0 Å². The van der Waals surface area contributed by atoms with Gasteiger partial charge in [0.15, 0.2) is 0 Å². The van der Waals surface area contributed by atoms with Crippen molar-refractivity contribution in [3.8, 4) is 0 Å². The molecule has 0 saturated heterocycles. The molecular weight excluding hydrogens is 489 g/mol. The Kier molecular flexibility index (Phi) is 10.7. The van der Waals surface area contributed by atoms with Crippen molar-refractivity contribution in [3.05, 3.63) is 91.9 Å². The Hall–Kier alpha value is -1.58. The average molecular weight is 507 g/mol. The van der Waals surface area contributed by atoms with Crippen molar-refractivity contribution in [3.63, 3.8) is 0 Å². The number of benzene rings is 2. The van der Waals surface area contributed by atoms with E-state index in [1.165, 1.54) is 10.5 Å². The van der Waals surface area contributed by atoms with E-state index in [9.17, 15) is 0 Å².